The second kappa shape index (κ2) is 55.7. The van der Waals surface area contributed by atoms with Gasteiger partial charge in [0.25, 0.3) is 0 Å². The van der Waals surface area contributed by atoms with Gasteiger partial charge in [-0.15, -0.1) is 0 Å². The standard InChI is InChI=1S/C78H130N26O22/c1-6-41(4)61(76(125)126)101-71(120)53-24-16-34-103(53)58(109)39-91-64(113)49(26-28-55(82)106)95-69(118)50(27-29-56(83)107)97-74(123)62(42(5)105)102-72(121)54-25-17-35-104(54)75(124)52(38-59(110)111)99-70(119)51(36-43-18-8-7-9-19-43)98-68(117)48(23-15-33-90-78(87)88)94-67(116)47(22-14-32-89-77(85)86)93-65(114)45(20-10-12-30-79)92-66(115)46(21-11-13-31-80)96-73(122)60(40(2)3)100-63(112)44(81)37-57(84)108/h7-9,18-19,40-42,44-54,60-62,105H,6,10-17,20-39,79-81H2,1-5H3,(H2,82,106)(H2,83,107)(H2,84,108)(H,91,113)(H,92,115)(H,93,114)(H,94,116)(H,95,118)(H,96,122)(H,97,123)(H,98,117)(H,99,119)(H,100,112)(H,101,120)(H,102,121)(H,110,111)(H,125,126)(H4,85,86,89)(H4,87,88,90)/t41-,42+,44-,45-,46-,47-,48-,49-,50-,51-,52-,53-,54-,60-,61-,62-/m0/s1. The Kier molecular flexibility index (Phi) is 47.6. The Morgan fingerprint density at radius 2 is 0.841 bits per heavy atom. The number of aliphatic hydroxyl groups is 1. The zero-order valence-electron chi connectivity index (χ0n) is 71.8. The molecule has 0 aliphatic carbocycles. The van der Waals surface area contributed by atoms with Crippen LogP contribution >= 0.6 is 0 Å². The van der Waals surface area contributed by atoms with Crippen LogP contribution in [0.3, 0.4) is 0 Å². The number of hydrogen-bond acceptors (Lipinski definition) is 25. The van der Waals surface area contributed by atoms with Crippen LogP contribution in [0.1, 0.15) is 175 Å². The molecule has 3 rings (SSSR count). The molecule has 0 spiro atoms. The third-order valence-corrected chi connectivity index (χ3v) is 20.9. The Morgan fingerprint density at radius 3 is 1.25 bits per heavy atom. The number of carbonyl (C=O) groups excluding carboxylic acids is 17. The number of carbonyl (C=O) groups is 19. The molecular formula is C78H130N26O22. The van der Waals surface area contributed by atoms with Gasteiger partial charge in [-0.1, -0.05) is 64.4 Å². The maximum Gasteiger partial charge on any atom is 0.326 e. The summed E-state index contributed by atoms with van der Waals surface area (Å²) in [5.74, 6) is -21.9. The Balaban J connectivity index is 2.00. The number of carboxylic acids is 2. The molecular weight excluding hydrogens is 1650 g/mol. The van der Waals surface area contributed by atoms with Gasteiger partial charge < -0.3 is 145 Å². The van der Waals surface area contributed by atoms with Gasteiger partial charge in [0.2, 0.25) is 100 Å². The van der Waals surface area contributed by atoms with E-state index in [-0.39, 0.29) is 116 Å². The number of likely N-dealkylation sites (tertiary alicyclic amines) is 2. The van der Waals surface area contributed by atoms with E-state index in [0.717, 1.165) is 16.7 Å². The van der Waals surface area contributed by atoms with E-state index in [9.17, 15) is 106 Å². The molecule has 2 saturated heterocycles. The number of aliphatic carboxylic acids is 2. The average molecular weight is 1780 g/mol. The highest BCUT2D eigenvalue weighted by atomic mass is 16.4. The number of benzene rings is 1. The molecule has 16 atom stereocenters. The monoisotopic (exact) mass is 1780 g/mol. The fraction of sp³-hybridized carbons (Fsp3) is 0.654. The van der Waals surface area contributed by atoms with Crippen LogP contribution in [0.4, 0.5) is 0 Å². The second-order valence-corrected chi connectivity index (χ2v) is 31.4. The number of hydrogen-bond donors (Lipinski definition) is 27. The van der Waals surface area contributed by atoms with E-state index in [1.807, 2.05) is 0 Å². The third kappa shape index (κ3) is 38.3. The van der Waals surface area contributed by atoms with Crippen molar-refractivity contribution in [1.29, 1.82) is 10.8 Å². The summed E-state index contributed by atoms with van der Waals surface area (Å²) in [7, 11) is 0. The average Bonchev–Trinajstić information content (AvgIpc) is 1.69. The number of carboxylic acid groups (broad SMARTS) is 2. The molecule has 0 radical (unpaired) electrons. The first kappa shape index (κ1) is 108. The van der Waals surface area contributed by atoms with Gasteiger partial charge >= 0.3 is 11.9 Å². The number of nitrogens with zero attached hydrogens (tertiary/aromatic N) is 2. The second-order valence-electron chi connectivity index (χ2n) is 31.4. The Labute approximate surface area is 728 Å². The van der Waals surface area contributed by atoms with Gasteiger partial charge in [-0.25, -0.2) is 4.79 Å². The summed E-state index contributed by atoms with van der Waals surface area (Å²) in [5, 5.41) is 81.7. The summed E-state index contributed by atoms with van der Waals surface area (Å²) in [6.45, 7) is 6.86. The molecule has 1 aromatic carbocycles. The predicted molar refractivity (Wildman–Crippen MR) is 452 cm³/mol. The van der Waals surface area contributed by atoms with Crippen molar-refractivity contribution >= 4 is 124 Å². The Hall–Kier alpha value is -12.5. The summed E-state index contributed by atoms with van der Waals surface area (Å²) in [4.78, 5) is 262. The number of nitrogens with two attached hydrogens (primary N) is 8. The van der Waals surface area contributed by atoms with Crippen molar-refractivity contribution < 1.29 is 106 Å². The predicted octanol–water partition coefficient (Wildman–Crippen LogP) is -9.18. The Bertz CT molecular complexity index is 3940. The van der Waals surface area contributed by atoms with E-state index in [2.05, 4.69) is 74.4 Å². The molecule has 2 heterocycles. The summed E-state index contributed by atoms with van der Waals surface area (Å²) in [6, 6.07) is -14.1. The Morgan fingerprint density at radius 1 is 0.444 bits per heavy atom. The van der Waals surface area contributed by atoms with Crippen molar-refractivity contribution in [2.24, 2.45) is 57.7 Å². The first-order valence-electron chi connectivity index (χ1n) is 42.0. The minimum Gasteiger partial charge on any atom is -0.481 e. The molecule has 0 aromatic heterocycles. The summed E-state index contributed by atoms with van der Waals surface area (Å²) >= 11 is 0. The smallest absolute Gasteiger partial charge is 0.326 e. The van der Waals surface area contributed by atoms with Crippen LogP contribution in [0.5, 0.6) is 0 Å². The molecule has 704 valence electrons. The fourth-order valence-electron chi connectivity index (χ4n) is 13.7. The molecule has 126 heavy (non-hydrogen) atoms. The van der Waals surface area contributed by atoms with Gasteiger partial charge in [-0.3, -0.25) is 97.1 Å². The van der Waals surface area contributed by atoms with Crippen LogP contribution in [0.15, 0.2) is 30.3 Å². The lowest BCUT2D eigenvalue weighted by Gasteiger charge is -2.31. The van der Waals surface area contributed by atoms with Crippen molar-refractivity contribution in [1.82, 2.24) is 84.2 Å². The van der Waals surface area contributed by atoms with Crippen LogP contribution in [-0.4, -0.2) is 286 Å². The normalized spacial score (nSPS) is 16.8. The first-order chi connectivity index (χ1) is 59.4. The van der Waals surface area contributed by atoms with E-state index in [1.165, 1.54) is 0 Å². The summed E-state index contributed by atoms with van der Waals surface area (Å²) in [5.41, 5.74) is 45.1. The zero-order valence-corrected chi connectivity index (χ0v) is 71.8. The SMILES string of the molecule is CC[C@H](C)[C@H](NC(=O)[C@@H]1CCCN1C(=O)CNC(=O)[C@H](CCC(N)=O)NC(=O)[C@H](CCC(N)=O)NC(=O)[C@@H](NC(=O)[C@@H]1CCCN1C(=O)[C@H](CC(=O)O)NC(=O)[C@H](Cc1ccccc1)NC(=O)[C@H](CCCNC(=N)N)NC(=O)[C@H](CCCNC(=N)N)NC(=O)[C@H](CCCCN)NC(=O)[C@H](CCCCN)NC(=O)[C@@H](NC(=O)[C@@H](N)CC(N)=O)C(C)C)[C@@H](C)O)C(=O)O. The maximum atomic E-state index is 15.0. The van der Waals surface area contributed by atoms with Crippen LogP contribution in [0, 0.1) is 22.7 Å². The minimum atomic E-state index is -2.03. The fourth-order valence-corrected chi connectivity index (χ4v) is 13.7. The zero-order chi connectivity index (χ0) is 94.6. The molecule has 17 amide bonds. The molecule has 48 nitrogen and oxygen atoms in total. The first-order valence-corrected chi connectivity index (χ1v) is 42.0. The van der Waals surface area contributed by atoms with Gasteiger partial charge in [0, 0.05) is 45.4 Å². The van der Waals surface area contributed by atoms with Gasteiger partial charge in [0.05, 0.1) is 31.5 Å². The van der Waals surface area contributed by atoms with Crippen LogP contribution in [0.25, 0.3) is 0 Å². The van der Waals surface area contributed by atoms with Crippen molar-refractivity contribution in [2.45, 2.75) is 267 Å². The van der Waals surface area contributed by atoms with Crippen molar-refractivity contribution in [3.05, 3.63) is 35.9 Å². The number of primary amides is 3. The van der Waals surface area contributed by atoms with Crippen LogP contribution in [-0.2, 0) is 97.5 Å². The number of unbranched alkanes of at least 4 members (excludes halogenated alkanes) is 2. The van der Waals surface area contributed by atoms with Crippen LogP contribution in [0.2, 0.25) is 0 Å². The van der Waals surface area contributed by atoms with E-state index < -0.39 is 272 Å². The van der Waals surface area contributed by atoms with Crippen molar-refractivity contribution in [2.75, 3.05) is 45.8 Å². The number of aliphatic hydroxyl groups excluding tert-OH is 1. The molecule has 2 fully saturated rings. The topological polar surface area (TPSA) is 816 Å². The van der Waals surface area contributed by atoms with Gasteiger partial charge in [-0.2, -0.15) is 0 Å². The number of amides is 17. The number of rotatable bonds is 59. The van der Waals surface area contributed by atoms with Gasteiger partial charge in [-0.05, 0) is 140 Å². The highest BCUT2D eigenvalue weighted by Gasteiger charge is 2.44. The lowest BCUT2D eigenvalue weighted by molar-refractivity contribution is -0.146. The number of guanidine groups is 2. The van der Waals surface area contributed by atoms with Gasteiger partial charge in [0.15, 0.2) is 11.9 Å². The number of nitrogens with one attached hydrogen (secondary N) is 16. The van der Waals surface area contributed by atoms with Crippen molar-refractivity contribution in [3.63, 3.8) is 0 Å². The molecule has 2 aliphatic heterocycles. The highest BCUT2D eigenvalue weighted by molar-refractivity contribution is 6.02. The highest BCUT2D eigenvalue weighted by Crippen LogP contribution is 2.23. The quantitative estimate of drug-likeness (QED) is 0.0164. The molecule has 0 saturated carbocycles. The summed E-state index contributed by atoms with van der Waals surface area (Å²) in [6.07, 6.45) is -4.75. The lowest BCUT2D eigenvalue weighted by Crippen LogP contribution is -2.62. The van der Waals surface area contributed by atoms with Gasteiger partial charge in [0.1, 0.15) is 78.5 Å². The third-order valence-electron chi connectivity index (χ3n) is 20.9. The molecule has 48 heteroatoms. The molecule has 2 aliphatic rings. The molecule has 0 bridgehead atoms. The van der Waals surface area contributed by atoms with Crippen LogP contribution < -0.4 is 120 Å². The lowest BCUT2D eigenvalue weighted by atomic mass is 9.99. The minimum absolute atomic E-state index is 0.0112. The van der Waals surface area contributed by atoms with E-state index in [0.29, 0.717) is 31.2 Å². The largest absolute Gasteiger partial charge is 0.481 e. The van der Waals surface area contributed by atoms with E-state index >= 15 is 0 Å². The molecule has 35 N–H and O–H groups in total. The van der Waals surface area contributed by atoms with E-state index in [4.69, 9.17) is 56.7 Å². The molecule has 1 aromatic rings. The maximum absolute atomic E-state index is 15.0. The molecule has 0 unspecified atom stereocenters. The summed E-state index contributed by atoms with van der Waals surface area (Å²) < 4.78 is 0. The van der Waals surface area contributed by atoms with E-state index in [1.54, 1.807) is 58.0 Å². The van der Waals surface area contributed by atoms with Crippen molar-refractivity contribution in [3.8, 4) is 0 Å².